The summed E-state index contributed by atoms with van der Waals surface area (Å²) in [6, 6.07) is 10.7. The minimum absolute atomic E-state index is 0.0133. The maximum Gasteiger partial charge on any atom is 0.242 e. The fourth-order valence-electron chi connectivity index (χ4n) is 1.78. The molecular formula is C14H14BrFN2O2S. The molecule has 0 heterocycles. The number of halogens is 2. The number of nitrogens with two attached hydrogens (primary N) is 1. The maximum atomic E-state index is 13.1. The number of sulfonamides is 1. The summed E-state index contributed by atoms with van der Waals surface area (Å²) in [4.78, 5) is 0.113. The van der Waals surface area contributed by atoms with Crippen molar-refractivity contribution >= 4 is 26.0 Å². The van der Waals surface area contributed by atoms with Gasteiger partial charge >= 0.3 is 0 Å². The second-order valence-electron chi connectivity index (χ2n) is 4.42. The Hall–Kier alpha value is -1.28. The largest absolute Gasteiger partial charge is 0.326 e. The molecule has 2 rings (SSSR count). The molecule has 112 valence electrons. The van der Waals surface area contributed by atoms with Gasteiger partial charge in [-0.05, 0) is 51.3 Å². The number of hydrogen-bond acceptors (Lipinski definition) is 3. The average Bonchev–Trinajstić information content (AvgIpc) is 2.46. The molecule has 0 unspecified atom stereocenters. The zero-order valence-corrected chi connectivity index (χ0v) is 13.4. The highest BCUT2D eigenvalue weighted by atomic mass is 79.9. The van der Waals surface area contributed by atoms with Crippen molar-refractivity contribution in [3.8, 4) is 0 Å². The summed E-state index contributed by atoms with van der Waals surface area (Å²) in [5.41, 5.74) is 6.78. The summed E-state index contributed by atoms with van der Waals surface area (Å²) in [6.45, 7) is 0.263. The summed E-state index contributed by atoms with van der Waals surface area (Å²) in [5.74, 6) is -0.405. The van der Waals surface area contributed by atoms with E-state index in [4.69, 9.17) is 5.73 Å². The summed E-state index contributed by atoms with van der Waals surface area (Å²) >= 11 is 3.21. The van der Waals surface area contributed by atoms with Crippen molar-refractivity contribution in [3.63, 3.8) is 0 Å². The fraction of sp³-hybridized carbons (Fsp3) is 0.143. The first kappa shape index (κ1) is 16.1. The van der Waals surface area contributed by atoms with Gasteiger partial charge in [0.2, 0.25) is 10.0 Å². The van der Waals surface area contributed by atoms with E-state index < -0.39 is 15.8 Å². The molecular weight excluding hydrogens is 359 g/mol. The van der Waals surface area contributed by atoms with E-state index >= 15 is 0 Å². The third-order valence-electron chi connectivity index (χ3n) is 2.88. The molecule has 0 saturated heterocycles. The zero-order chi connectivity index (χ0) is 15.5. The van der Waals surface area contributed by atoms with Gasteiger partial charge in [0, 0.05) is 17.6 Å². The van der Waals surface area contributed by atoms with Gasteiger partial charge in [-0.1, -0.05) is 18.2 Å². The van der Waals surface area contributed by atoms with Gasteiger partial charge in [0.25, 0.3) is 0 Å². The second kappa shape index (κ2) is 6.65. The lowest BCUT2D eigenvalue weighted by molar-refractivity contribution is 0.579. The summed E-state index contributed by atoms with van der Waals surface area (Å²) < 4.78 is 40.6. The Morgan fingerprint density at radius 1 is 1.14 bits per heavy atom. The first-order chi connectivity index (χ1) is 9.92. The summed E-state index contributed by atoms with van der Waals surface area (Å²) in [5, 5.41) is 0. The molecule has 2 aromatic rings. The van der Waals surface area contributed by atoms with E-state index in [2.05, 4.69) is 20.7 Å². The minimum atomic E-state index is -3.71. The predicted octanol–water partition coefficient (Wildman–Crippen LogP) is 2.53. The lowest BCUT2D eigenvalue weighted by Gasteiger charge is -2.10. The Morgan fingerprint density at radius 3 is 2.57 bits per heavy atom. The standard InChI is InChI=1S/C14H14BrFN2O2S/c15-13-5-4-10(8-17)7-14(13)21(19,20)18-9-11-2-1-3-12(16)6-11/h1-7,18H,8-9,17H2. The van der Waals surface area contributed by atoms with Crippen molar-refractivity contribution in [1.29, 1.82) is 0 Å². The number of nitrogens with one attached hydrogen (secondary N) is 1. The highest BCUT2D eigenvalue weighted by Gasteiger charge is 2.17. The maximum absolute atomic E-state index is 13.1. The van der Waals surface area contributed by atoms with Crippen molar-refractivity contribution in [3.05, 3.63) is 63.9 Å². The highest BCUT2D eigenvalue weighted by molar-refractivity contribution is 9.10. The molecule has 0 atom stereocenters. The van der Waals surface area contributed by atoms with E-state index in [0.717, 1.165) is 0 Å². The Morgan fingerprint density at radius 2 is 1.90 bits per heavy atom. The Labute approximate surface area is 131 Å². The van der Waals surface area contributed by atoms with Gasteiger partial charge in [-0.3, -0.25) is 0 Å². The molecule has 0 aliphatic heterocycles. The number of rotatable bonds is 5. The lowest BCUT2D eigenvalue weighted by Crippen LogP contribution is -2.24. The first-order valence-electron chi connectivity index (χ1n) is 6.15. The van der Waals surface area contributed by atoms with Crippen LogP contribution >= 0.6 is 15.9 Å². The summed E-state index contributed by atoms with van der Waals surface area (Å²) in [6.07, 6.45) is 0. The molecule has 3 N–H and O–H groups in total. The van der Waals surface area contributed by atoms with E-state index in [1.165, 1.54) is 24.3 Å². The van der Waals surface area contributed by atoms with Crippen molar-refractivity contribution < 1.29 is 12.8 Å². The molecule has 7 heteroatoms. The molecule has 0 aromatic heterocycles. The summed E-state index contributed by atoms with van der Waals surface area (Å²) in [7, 11) is -3.71. The van der Waals surface area contributed by atoms with Crippen molar-refractivity contribution in [2.24, 2.45) is 5.73 Å². The molecule has 0 fully saturated rings. The number of benzene rings is 2. The molecule has 0 amide bonds. The van der Waals surface area contributed by atoms with Crippen LogP contribution in [0.5, 0.6) is 0 Å². The molecule has 0 spiro atoms. The lowest BCUT2D eigenvalue weighted by atomic mass is 10.2. The second-order valence-corrected chi connectivity index (χ2v) is 7.01. The van der Waals surface area contributed by atoms with Crippen LogP contribution in [0.4, 0.5) is 4.39 Å². The van der Waals surface area contributed by atoms with Gasteiger partial charge in [-0.25, -0.2) is 17.5 Å². The zero-order valence-electron chi connectivity index (χ0n) is 11.0. The molecule has 0 saturated carbocycles. The van der Waals surface area contributed by atoms with Gasteiger partial charge in [-0.2, -0.15) is 0 Å². The molecule has 0 radical (unpaired) electrons. The third-order valence-corrected chi connectivity index (χ3v) is 5.27. The van der Waals surface area contributed by atoms with Gasteiger partial charge in [0.15, 0.2) is 0 Å². The monoisotopic (exact) mass is 372 g/mol. The van der Waals surface area contributed by atoms with Crippen LogP contribution in [0.25, 0.3) is 0 Å². The molecule has 0 aliphatic carbocycles. The third kappa shape index (κ3) is 4.10. The van der Waals surface area contributed by atoms with Crippen LogP contribution in [-0.4, -0.2) is 8.42 Å². The normalized spacial score (nSPS) is 11.6. The van der Waals surface area contributed by atoms with Crippen LogP contribution in [0.15, 0.2) is 51.8 Å². The van der Waals surface area contributed by atoms with Gasteiger partial charge in [0.05, 0.1) is 4.90 Å². The van der Waals surface area contributed by atoms with Crippen molar-refractivity contribution in [1.82, 2.24) is 4.72 Å². The van der Waals surface area contributed by atoms with Crippen LogP contribution < -0.4 is 10.5 Å². The van der Waals surface area contributed by atoms with E-state index in [-0.39, 0.29) is 18.0 Å². The Kier molecular flexibility index (Phi) is 5.10. The average molecular weight is 373 g/mol. The topological polar surface area (TPSA) is 72.2 Å². The SMILES string of the molecule is NCc1ccc(Br)c(S(=O)(=O)NCc2cccc(F)c2)c1. The van der Waals surface area contributed by atoms with Gasteiger partial charge < -0.3 is 5.73 Å². The molecule has 0 bridgehead atoms. The van der Waals surface area contributed by atoms with E-state index in [1.54, 1.807) is 18.2 Å². The van der Waals surface area contributed by atoms with Crippen LogP contribution in [-0.2, 0) is 23.1 Å². The van der Waals surface area contributed by atoms with Crippen LogP contribution in [0.3, 0.4) is 0 Å². The van der Waals surface area contributed by atoms with Crippen LogP contribution in [0, 0.1) is 5.82 Å². The van der Waals surface area contributed by atoms with E-state index in [9.17, 15) is 12.8 Å². The number of hydrogen-bond donors (Lipinski definition) is 2. The highest BCUT2D eigenvalue weighted by Crippen LogP contribution is 2.23. The Balaban J connectivity index is 2.22. The van der Waals surface area contributed by atoms with E-state index in [1.807, 2.05) is 0 Å². The molecule has 2 aromatic carbocycles. The fourth-order valence-corrected chi connectivity index (χ4v) is 3.81. The van der Waals surface area contributed by atoms with Crippen LogP contribution in [0.2, 0.25) is 0 Å². The predicted molar refractivity (Wildman–Crippen MR) is 82.5 cm³/mol. The quantitative estimate of drug-likeness (QED) is 0.846. The Bertz CT molecular complexity index is 750. The van der Waals surface area contributed by atoms with Crippen molar-refractivity contribution in [2.45, 2.75) is 18.0 Å². The van der Waals surface area contributed by atoms with Crippen molar-refractivity contribution in [2.75, 3.05) is 0 Å². The smallest absolute Gasteiger partial charge is 0.242 e. The van der Waals surface area contributed by atoms with Crippen LogP contribution in [0.1, 0.15) is 11.1 Å². The van der Waals surface area contributed by atoms with Gasteiger partial charge in [-0.15, -0.1) is 0 Å². The minimum Gasteiger partial charge on any atom is -0.326 e. The molecule has 4 nitrogen and oxygen atoms in total. The first-order valence-corrected chi connectivity index (χ1v) is 8.42. The van der Waals surface area contributed by atoms with E-state index in [0.29, 0.717) is 15.6 Å². The molecule has 21 heavy (non-hydrogen) atoms. The molecule has 0 aliphatic rings. The van der Waals surface area contributed by atoms with Gasteiger partial charge in [0.1, 0.15) is 5.82 Å².